The third-order valence-electron chi connectivity index (χ3n) is 3.01. The Kier molecular flexibility index (Phi) is 9.58. The largest absolute Gasteiger partial charge is 2.00 e. The van der Waals surface area contributed by atoms with Crippen molar-refractivity contribution in [3.8, 4) is 0 Å². The number of allylic oxidation sites excluding steroid dienone is 1. The van der Waals surface area contributed by atoms with Crippen LogP contribution in [0.5, 0.6) is 0 Å². The normalized spacial score (nSPS) is 17.2. The molecule has 4 nitrogen and oxygen atoms in total. The standard InChI is InChI=1S/C14H10NO3.C5H5.Fe/c16-14(12-5-1-2-6-12)9-8-11-4-3-7-13(10-11)15(17)18;1-2-4-5-3-1;/h1-10H;1-5H;/q;;+2/b9-8+;;. The summed E-state index contributed by atoms with van der Waals surface area (Å²) in [4.78, 5) is 21.8. The summed E-state index contributed by atoms with van der Waals surface area (Å²) in [6.45, 7) is 0. The zero-order valence-corrected chi connectivity index (χ0v) is 13.8. The number of non-ortho nitro benzene ring substituents is 1. The molecule has 2 saturated carbocycles. The van der Waals surface area contributed by atoms with Crippen molar-refractivity contribution in [1.29, 1.82) is 0 Å². The van der Waals surface area contributed by atoms with E-state index in [9.17, 15) is 14.9 Å². The summed E-state index contributed by atoms with van der Waals surface area (Å²) in [6.07, 6.45) is 20.0. The average Bonchev–Trinajstić information content (AvgIpc) is 3.28. The van der Waals surface area contributed by atoms with Gasteiger partial charge in [-0.2, -0.15) is 0 Å². The molecule has 0 aromatic heterocycles. The summed E-state index contributed by atoms with van der Waals surface area (Å²) in [5.74, 6) is 0.489. The van der Waals surface area contributed by atoms with Gasteiger partial charge >= 0.3 is 17.1 Å². The molecule has 0 N–H and O–H groups in total. The number of ketones is 1. The van der Waals surface area contributed by atoms with E-state index in [4.69, 9.17) is 0 Å². The number of nitro benzene ring substituents is 1. The van der Waals surface area contributed by atoms with Gasteiger partial charge in [-0.3, -0.25) is 14.9 Å². The molecule has 0 atom stereocenters. The van der Waals surface area contributed by atoms with E-state index in [2.05, 4.69) is 0 Å². The summed E-state index contributed by atoms with van der Waals surface area (Å²) in [6, 6.07) is 6.14. The maximum Gasteiger partial charge on any atom is 2.00 e. The average molecular weight is 361 g/mol. The molecule has 3 rings (SSSR count). The predicted octanol–water partition coefficient (Wildman–Crippen LogP) is 3.60. The number of nitro groups is 1. The molecule has 0 unspecified atom stereocenters. The summed E-state index contributed by atoms with van der Waals surface area (Å²) in [5.41, 5.74) is 0.641. The van der Waals surface area contributed by atoms with Crippen LogP contribution in [0.2, 0.25) is 0 Å². The van der Waals surface area contributed by atoms with Gasteiger partial charge in [0.1, 0.15) is 0 Å². The van der Waals surface area contributed by atoms with Crippen molar-refractivity contribution >= 4 is 17.5 Å². The minimum absolute atomic E-state index is 0. The smallest absolute Gasteiger partial charge is 0.294 e. The van der Waals surface area contributed by atoms with E-state index < -0.39 is 4.92 Å². The first-order valence-corrected chi connectivity index (χ1v) is 7.02. The zero-order valence-electron chi connectivity index (χ0n) is 12.7. The number of carbonyl (C=O) groups is 1. The van der Waals surface area contributed by atoms with Crippen LogP contribution in [0.15, 0.2) is 30.3 Å². The van der Waals surface area contributed by atoms with Crippen LogP contribution in [0.1, 0.15) is 5.56 Å². The van der Waals surface area contributed by atoms with Gasteiger partial charge in [-0.15, -0.1) is 0 Å². The number of hydrogen-bond acceptors (Lipinski definition) is 3. The molecule has 0 saturated heterocycles. The summed E-state index contributed by atoms with van der Waals surface area (Å²) in [7, 11) is 0. The van der Waals surface area contributed by atoms with Crippen molar-refractivity contribution in [2.45, 2.75) is 0 Å². The summed E-state index contributed by atoms with van der Waals surface area (Å²) < 4.78 is 0. The Bertz CT molecular complexity index is 554. The van der Waals surface area contributed by atoms with Gasteiger partial charge < -0.3 is 0 Å². The Morgan fingerprint density at radius 3 is 2.08 bits per heavy atom. The first kappa shape index (κ1) is 20.6. The molecule has 2 aliphatic rings. The van der Waals surface area contributed by atoms with Crippen LogP contribution in [0.4, 0.5) is 5.69 Å². The Hall–Kier alpha value is -1.45. The number of benzene rings is 1. The third kappa shape index (κ3) is 6.98. The first-order chi connectivity index (χ1) is 11.2. The SMILES string of the molecule is O=C(/C=C/c1cccc([N+](=O)[O-])c1)[C]1[CH][CH][CH][CH]1.[CH]1[CH][CH][CH][CH]1.[Fe+2]. The fourth-order valence-corrected chi connectivity index (χ4v) is 1.87. The van der Waals surface area contributed by atoms with E-state index in [1.54, 1.807) is 43.9 Å². The van der Waals surface area contributed by atoms with Crippen LogP contribution in [-0.4, -0.2) is 10.7 Å². The van der Waals surface area contributed by atoms with Crippen molar-refractivity contribution in [3.05, 3.63) is 110 Å². The van der Waals surface area contributed by atoms with Crippen LogP contribution >= 0.6 is 0 Å². The predicted molar refractivity (Wildman–Crippen MR) is 89.1 cm³/mol. The monoisotopic (exact) mass is 361 g/mol. The second-order valence-electron chi connectivity index (χ2n) is 4.69. The van der Waals surface area contributed by atoms with E-state index in [0.29, 0.717) is 11.5 Å². The number of carbonyl (C=O) groups excluding carboxylic acids is 1. The summed E-state index contributed by atoms with van der Waals surface area (Å²) in [5, 5.41) is 10.6. The first-order valence-electron chi connectivity index (χ1n) is 7.02. The van der Waals surface area contributed by atoms with Crippen LogP contribution in [-0.2, 0) is 21.9 Å². The molecule has 24 heavy (non-hydrogen) atoms. The number of rotatable bonds is 4. The molecule has 1 aromatic rings. The minimum atomic E-state index is -0.462. The van der Waals surface area contributed by atoms with Crippen molar-refractivity contribution < 1.29 is 26.8 Å². The van der Waals surface area contributed by atoms with Crippen molar-refractivity contribution in [3.63, 3.8) is 0 Å². The molecule has 1 aromatic carbocycles. The van der Waals surface area contributed by atoms with E-state index in [1.807, 2.05) is 32.1 Å². The van der Waals surface area contributed by atoms with E-state index in [0.717, 1.165) is 0 Å². The fraction of sp³-hybridized carbons (Fsp3) is 0. The maximum absolute atomic E-state index is 11.7. The van der Waals surface area contributed by atoms with Crippen molar-refractivity contribution in [1.82, 2.24) is 0 Å². The molecule has 0 bridgehead atoms. The van der Waals surface area contributed by atoms with Gasteiger partial charge in [0.25, 0.3) is 5.69 Å². The van der Waals surface area contributed by atoms with E-state index in [-0.39, 0.29) is 28.5 Å². The third-order valence-corrected chi connectivity index (χ3v) is 3.01. The van der Waals surface area contributed by atoms with E-state index >= 15 is 0 Å². The number of hydrogen-bond donors (Lipinski definition) is 0. The molecule has 5 heteroatoms. The fourth-order valence-electron chi connectivity index (χ4n) is 1.87. The Morgan fingerprint density at radius 2 is 1.54 bits per heavy atom. The van der Waals surface area contributed by atoms with Gasteiger partial charge in [-0.05, 0) is 69.4 Å². The molecule has 2 fully saturated rings. The van der Waals surface area contributed by atoms with Crippen molar-refractivity contribution in [2.24, 2.45) is 0 Å². The van der Waals surface area contributed by atoms with Gasteiger partial charge in [-0.1, -0.05) is 18.2 Å². The van der Waals surface area contributed by atoms with Crippen LogP contribution in [0, 0.1) is 73.8 Å². The maximum atomic E-state index is 11.7. The van der Waals surface area contributed by atoms with Crippen molar-refractivity contribution in [2.75, 3.05) is 0 Å². The molecule has 2 aliphatic carbocycles. The molecule has 0 spiro atoms. The van der Waals surface area contributed by atoms with Crippen LogP contribution < -0.4 is 0 Å². The Morgan fingerprint density at radius 1 is 0.958 bits per heavy atom. The molecular weight excluding hydrogens is 346 g/mol. The molecule has 0 heterocycles. The summed E-state index contributed by atoms with van der Waals surface area (Å²) >= 11 is 0. The number of nitrogens with zero attached hydrogens (tertiary/aromatic N) is 1. The zero-order chi connectivity index (χ0) is 16.5. The molecule has 120 valence electrons. The van der Waals surface area contributed by atoms with Gasteiger partial charge in [0.2, 0.25) is 0 Å². The van der Waals surface area contributed by atoms with Crippen LogP contribution in [0.25, 0.3) is 6.08 Å². The van der Waals surface area contributed by atoms with Gasteiger partial charge in [0.15, 0.2) is 5.78 Å². The van der Waals surface area contributed by atoms with E-state index in [1.165, 1.54) is 18.2 Å². The Balaban J connectivity index is 0.000000412. The van der Waals surface area contributed by atoms with Gasteiger partial charge in [-0.25, -0.2) is 0 Å². The molecule has 0 amide bonds. The second-order valence-corrected chi connectivity index (χ2v) is 4.69. The molecule has 10 radical (unpaired) electrons. The molecular formula is C19H15FeNO3+2. The minimum Gasteiger partial charge on any atom is -0.294 e. The topological polar surface area (TPSA) is 60.2 Å². The second kappa shape index (κ2) is 11.2. The van der Waals surface area contributed by atoms with Gasteiger partial charge in [0.05, 0.1) is 10.8 Å². The van der Waals surface area contributed by atoms with Crippen LogP contribution in [0.3, 0.4) is 0 Å². The Labute approximate surface area is 154 Å². The molecule has 0 aliphatic heterocycles. The quantitative estimate of drug-likeness (QED) is 0.356. The van der Waals surface area contributed by atoms with Gasteiger partial charge in [0, 0.05) is 12.1 Å².